The number of amides is 2. The molecule has 0 bridgehead atoms. The first-order valence-electron chi connectivity index (χ1n) is 6.60. The smallest absolute Gasteiger partial charge is 0.312 e. The predicted octanol–water partition coefficient (Wildman–Crippen LogP) is 0.651. The van der Waals surface area contributed by atoms with Gasteiger partial charge in [0.1, 0.15) is 10.8 Å². The van der Waals surface area contributed by atoms with Crippen LogP contribution in [0.3, 0.4) is 0 Å². The second-order valence-corrected chi connectivity index (χ2v) is 5.22. The third-order valence-corrected chi connectivity index (χ3v) is 3.71. The third-order valence-electron chi connectivity index (χ3n) is 3.47. The van der Waals surface area contributed by atoms with Gasteiger partial charge in [-0.2, -0.15) is 0 Å². The molecule has 1 aliphatic heterocycles. The van der Waals surface area contributed by atoms with Crippen LogP contribution in [0.4, 0.5) is 4.39 Å². The first-order valence-corrected chi connectivity index (χ1v) is 7.01. The first-order chi connectivity index (χ1) is 9.93. The van der Waals surface area contributed by atoms with Crippen LogP contribution < -0.4 is 5.73 Å². The summed E-state index contributed by atoms with van der Waals surface area (Å²) in [6.45, 7) is 3.17. The Balaban J connectivity index is 2.19. The molecule has 1 saturated heterocycles. The Morgan fingerprint density at radius 2 is 1.90 bits per heavy atom. The minimum Gasteiger partial charge on any atom is -0.389 e. The second kappa shape index (κ2) is 6.17. The minimum absolute atomic E-state index is 0.0322. The second-order valence-electron chi connectivity index (χ2n) is 4.78. The van der Waals surface area contributed by atoms with Crippen molar-refractivity contribution in [2.24, 2.45) is 5.73 Å². The summed E-state index contributed by atoms with van der Waals surface area (Å²) in [6, 6.07) is 4.27. The van der Waals surface area contributed by atoms with Gasteiger partial charge in [-0.1, -0.05) is 12.2 Å². The lowest BCUT2D eigenvalue weighted by atomic mass is 10.1. The largest absolute Gasteiger partial charge is 0.389 e. The number of hydrogen-bond acceptors (Lipinski definition) is 3. The number of carbonyl (C=O) groups excluding carboxylic acids is 2. The van der Waals surface area contributed by atoms with Crippen molar-refractivity contribution in [2.75, 3.05) is 19.6 Å². The highest BCUT2D eigenvalue weighted by atomic mass is 32.1. The number of rotatable bonds is 4. The maximum Gasteiger partial charge on any atom is 0.312 e. The van der Waals surface area contributed by atoms with Gasteiger partial charge in [-0.3, -0.25) is 9.59 Å². The van der Waals surface area contributed by atoms with Crippen molar-refractivity contribution in [1.82, 2.24) is 9.80 Å². The summed E-state index contributed by atoms with van der Waals surface area (Å²) in [7, 11) is 0. The quantitative estimate of drug-likeness (QED) is 0.655. The lowest BCUT2D eigenvalue weighted by Crippen LogP contribution is -2.53. The van der Waals surface area contributed by atoms with E-state index in [1.54, 1.807) is 0 Å². The van der Waals surface area contributed by atoms with Gasteiger partial charge >= 0.3 is 11.8 Å². The molecule has 0 aliphatic carbocycles. The SMILES string of the molecule is CCN1CCN(Cc2cc(C(N)=S)ccc2F)C(=O)C1=O. The molecule has 2 N–H and O–H groups in total. The van der Waals surface area contributed by atoms with E-state index in [9.17, 15) is 14.0 Å². The maximum atomic E-state index is 13.8. The Labute approximate surface area is 127 Å². The molecule has 0 saturated carbocycles. The van der Waals surface area contributed by atoms with Crippen molar-refractivity contribution in [2.45, 2.75) is 13.5 Å². The molecule has 5 nitrogen and oxygen atoms in total. The van der Waals surface area contributed by atoms with Gasteiger partial charge in [0.25, 0.3) is 0 Å². The number of thiocarbonyl (C=S) groups is 1. The summed E-state index contributed by atoms with van der Waals surface area (Å²) in [5, 5.41) is 0. The van der Waals surface area contributed by atoms with E-state index in [0.717, 1.165) is 0 Å². The zero-order valence-corrected chi connectivity index (χ0v) is 12.5. The molecule has 1 aliphatic rings. The molecule has 0 unspecified atom stereocenters. The topological polar surface area (TPSA) is 66.6 Å². The van der Waals surface area contributed by atoms with Gasteiger partial charge in [0, 0.05) is 37.3 Å². The zero-order valence-electron chi connectivity index (χ0n) is 11.6. The van der Waals surface area contributed by atoms with Gasteiger partial charge in [0.15, 0.2) is 0 Å². The molecular formula is C14H16FN3O2S. The van der Waals surface area contributed by atoms with Crippen molar-refractivity contribution in [3.8, 4) is 0 Å². The van der Waals surface area contributed by atoms with E-state index in [4.69, 9.17) is 18.0 Å². The lowest BCUT2D eigenvalue weighted by Gasteiger charge is -2.33. The molecule has 7 heteroatoms. The van der Waals surface area contributed by atoms with E-state index in [0.29, 0.717) is 30.8 Å². The average molecular weight is 309 g/mol. The monoisotopic (exact) mass is 309 g/mol. The molecule has 0 radical (unpaired) electrons. The number of nitrogens with two attached hydrogens (primary N) is 1. The maximum absolute atomic E-state index is 13.8. The Kier molecular flexibility index (Phi) is 4.52. The number of benzene rings is 1. The van der Waals surface area contributed by atoms with Crippen molar-refractivity contribution in [3.05, 3.63) is 35.1 Å². The highest BCUT2D eigenvalue weighted by Crippen LogP contribution is 2.15. The van der Waals surface area contributed by atoms with Crippen LogP contribution in [0.25, 0.3) is 0 Å². The van der Waals surface area contributed by atoms with Crippen molar-refractivity contribution >= 4 is 29.0 Å². The van der Waals surface area contributed by atoms with Crippen molar-refractivity contribution in [1.29, 1.82) is 0 Å². The van der Waals surface area contributed by atoms with E-state index in [-0.39, 0.29) is 11.5 Å². The molecule has 0 aromatic heterocycles. The van der Waals surface area contributed by atoms with E-state index in [1.807, 2.05) is 6.92 Å². The first kappa shape index (κ1) is 15.4. The molecular weight excluding hydrogens is 293 g/mol. The van der Waals surface area contributed by atoms with Crippen molar-refractivity contribution < 1.29 is 14.0 Å². The van der Waals surface area contributed by atoms with Gasteiger partial charge in [-0.15, -0.1) is 0 Å². The molecule has 1 fully saturated rings. The fraction of sp³-hybridized carbons (Fsp3) is 0.357. The van der Waals surface area contributed by atoms with Gasteiger partial charge in [-0.25, -0.2) is 4.39 Å². The van der Waals surface area contributed by atoms with Gasteiger partial charge in [-0.05, 0) is 25.1 Å². The normalized spacial score (nSPS) is 15.5. The van der Waals surface area contributed by atoms with Crippen LogP contribution in [-0.2, 0) is 16.1 Å². The number of halogens is 1. The highest BCUT2D eigenvalue weighted by Gasteiger charge is 2.31. The van der Waals surface area contributed by atoms with E-state index in [2.05, 4.69) is 0 Å². The molecule has 112 valence electrons. The number of likely N-dealkylation sites (N-methyl/N-ethyl adjacent to an activating group) is 1. The predicted molar refractivity (Wildman–Crippen MR) is 80.0 cm³/mol. The van der Waals surface area contributed by atoms with E-state index in [1.165, 1.54) is 28.0 Å². The highest BCUT2D eigenvalue weighted by molar-refractivity contribution is 7.80. The molecule has 2 amide bonds. The fourth-order valence-electron chi connectivity index (χ4n) is 2.22. The van der Waals surface area contributed by atoms with Crippen molar-refractivity contribution in [3.63, 3.8) is 0 Å². The molecule has 1 aromatic carbocycles. The van der Waals surface area contributed by atoms with Gasteiger partial charge in [0.05, 0.1) is 0 Å². The Hall–Kier alpha value is -2.02. The number of nitrogens with zero attached hydrogens (tertiary/aromatic N) is 2. The molecule has 2 rings (SSSR count). The zero-order chi connectivity index (χ0) is 15.6. The summed E-state index contributed by atoms with van der Waals surface area (Å²) < 4.78 is 13.8. The molecule has 0 atom stereocenters. The van der Waals surface area contributed by atoms with Crippen LogP contribution in [0.2, 0.25) is 0 Å². The average Bonchev–Trinajstić information content (AvgIpc) is 2.46. The van der Waals surface area contributed by atoms with E-state index < -0.39 is 17.6 Å². The number of carbonyl (C=O) groups is 2. The van der Waals surface area contributed by atoms with Crippen LogP contribution in [-0.4, -0.2) is 46.2 Å². The molecule has 1 heterocycles. The summed E-state index contributed by atoms with van der Waals surface area (Å²) in [5.41, 5.74) is 6.35. The Morgan fingerprint density at radius 1 is 1.29 bits per heavy atom. The van der Waals surface area contributed by atoms with Crippen LogP contribution in [0, 0.1) is 5.82 Å². The molecule has 1 aromatic rings. The standard InChI is InChI=1S/C14H16FN3O2S/c1-2-17-5-6-18(14(20)13(17)19)8-10-7-9(12(16)21)3-4-11(10)15/h3-4,7H,2,5-6,8H2,1H3,(H2,16,21). The summed E-state index contributed by atoms with van der Waals surface area (Å²) in [4.78, 5) is 26.8. The summed E-state index contributed by atoms with van der Waals surface area (Å²) in [5.74, 6) is -1.61. The van der Waals surface area contributed by atoms with Crippen LogP contribution in [0.5, 0.6) is 0 Å². The lowest BCUT2D eigenvalue weighted by molar-refractivity contribution is -0.156. The summed E-state index contributed by atoms with van der Waals surface area (Å²) >= 11 is 4.86. The number of hydrogen-bond donors (Lipinski definition) is 1. The van der Waals surface area contributed by atoms with Crippen LogP contribution in [0.15, 0.2) is 18.2 Å². The fourth-order valence-corrected chi connectivity index (χ4v) is 2.35. The Morgan fingerprint density at radius 3 is 2.52 bits per heavy atom. The molecule has 21 heavy (non-hydrogen) atoms. The van der Waals surface area contributed by atoms with Gasteiger partial charge < -0.3 is 15.5 Å². The van der Waals surface area contributed by atoms with Crippen LogP contribution >= 0.6 is 12.2 Å². The third kappa shape index (κ3) is 3.18. The molecule has 0 spiro atoms. The number of piperazine rings is 1. The minimum atomic E-state index is -0.608. The van der Waals surface area contributed by atoms with Gasteiger partial charge in [0.2, 0.25) is 0 Å². The summed E-state index contributed by atoms with van der Waals surface area (Å²) in [6.07, 6.45) is 0. The Bertz CT molecular complexity index is 606. The van der Waals surface area contributed by atoms with Crippen LogP contribution in [0.1, 0.15) is 18.1 Å². The van der Waals surface area contributed by atoms with E-state index >= 15 is 0 Å².